The van der Waals surface area contributed by atoms with Crippen LogP contribution in [0.2, 0.25) is 0 Å². The Balaban J connectivity index is 2.72. The number of nitrogens with one attached hydrogen (secondary N) is 1. The van der Waals surface area contributed by atoms with Crippen molar-refractivity contribution in [3.63, 3.8) is 0 Å². The summed E-state index contributed by atoms with van der Waals surface area (Å²) in [6, 6.07) is 1.25. The fourth-order valence-electron chi connectivity index (χ4n) is 1.38. The zero-order valence-corrected chi connectivity index (χ0v) is 12.3. The Morgan fingerprint density at radius 1 is 1.27 bits per heavy atom. The molecule has 0 aliphatic carbocycles. The summed E-state index contributed by atoms with van der Waals surface area (Å²) in [4.78, 5) is 21.9. The van der Waals surface area contributed by atoms with Gasteiger partial charge in [0.1, 0.15) is 17.2 Å². The van der Waals surface area contributed by atoms with Crippen LogP contribution in [0.1, 0.15) is 36.7 Å². The number of carbonyl (C=O) groups is 2. The number of benzene rings is 1. The first-order valence-electron chi connectivity index (χ1n) is 6.28. The first-order valence-corrected chi connectivity index (χ1v) is 6.28. The lowest BCUT2D eigenvalue weighted by Crippen LogP contribution is -2.32. The molecule has 5 nitrogen and oxygen atoms in total. The third kappa shape index (κ3) is 5.40. The van der Waals surface area contributed by atoms with Crippen LogP contribution >= 0.6 is 0 Å². The number of alkyl carbamates (subject to hydrolysis) is 1. The molecule has 1 rings (SSSR count). The molecule has 2 N–H and O–H groups in total. The largest absolute Gasteiger partial charge is 0.478 e. The molecule has 0 aromatic heterocycles. The number of halogens is 2. The maximum absolute atomic E-state index is 13.6. The van der Waals surface area contributed by atoms with Crippen molar-refractivity contribution >= 4 is 12.1 Å². The summed E-state index contributed by atoms with van der Waals surface area (Å²) in [5.74, 6) is 1.12. The minimum Gasteiger partial charge on any atom is -0.478 e. The highest BCUT2D eigenvalue weighted by molar-refractivity contribution is 5.88. The van der Waals surface area contributed by atoms with Crippen LogP contribution in [0.15, 0.2) is 12.1 Å². The second kappa shape index (κ2) is 6.89. The van der Waals surface area contributed by atoms with Crippen molar-refractivity contribution in [1.82, 2.24) is 5.32 Å². The topological polar surface area (TPSA) is 75.6 Å². The van der Waals surface area contributed by atoms with Gasteiger partial charge in [-0.05, 0) is 32.9 Å². The number of aromatic carboxylic acids is 1. The van der Waals surface area contributed by atoms with E-state index in [1.54, 1.807) is 20.8 Å². The molecule has 0 atom stereocenters. The van der Waals surface area contributed by atoms with Crippen molar-refractivity contribution in [2.24, 2.45) is 0 Å². The second-order valence-electron chi connectivity index (χ2n) is 5.27. The highest BCUT2D eigenvalue weighted by Gasteiger charge is 2.15. The third-order valence-corrected chi connectivity index (χ3v) is 2.23. The second-order valence-corrected chi connectivity index (χ2v) is 5.27. The number of hydrogen-bond donors (Lipinski definition) is 2. The molecular weight excluding hydrogens is 296 g/mol. The monoisotopic (exact) mass is 311 g/mol. The van der Waals surface area contributed by atoms with Crippen molar-refractivity contribution < 1.29 is 28.2 Å². The number of rotatable bonds is 2. The predicted octanol–water partition coefficient (Wildman–Crippen LogP) is 2.54. The average Bonchev–Trinajstić information content (AvgIpc) is 2.35. The first kappa shape index (κ1) is 17.4. The molecule has 0 aliphatic rings. The molecule has 0 heterocycles. The Kier molecular flexibility index (Phi) is 5.46. The van der Waals surface area contributed by atoms with E-state index in [9.17, 15) is 18.4 Å². The van der Waals surface area contributed by atoms with E-state index >= 15 is 0 Å². The number of ether oxygens (including phenoxy) is 1. The minimum atomic E-state index is -1.57. The minimum absolute atomic E-state index is 0.128. The Bertz CT molecular complexity index is 654. The molecule has 7 heteroatoms. The number of hydrogen-bond acceptors (Lipinski definition) is 3. The maximum Gasteiger partial charge on any atom is 0.408 e. The van der Waals surface area contributed by atoms with Crippen molar-refractivity contribution in [2.45, 2.75) is 26.4 Å². The highest BCUT2D eigenvalue weighted by Crippen LogP contribution is 2.14. The summed E-state index contributed by atoms with van der Waals surface area (Å²) in [6.07, 6.45) is -0.685. The van der Waals surface area contributed by atoms with Crippen LogP contribution in [0.3, 0.4) is 0 Å². The lowest BCUT2D eigenvalue weighted by atomic mass is 10.1. The van der Waals surface area contributed by atoms with E-state index in [4.69, 9.17) is 9.84 Å². The van der Waals surface area contributed by atoms with Gasteiger partial charge in [-0.15, -0.1) is 0 Å². The Morgan fingerprint density at radius 3 is 2.45 bits per heavy atom. The molecule has 0 radical (unpaired) electrons. The number of amides is 1. The molecule has 0 unspecified atom stereocenters. The van der Waals surface area contributed by atoms with Gasteiger partial charge in [0, 0.05) is 0 Å². The number of carbonyl (C=O) groups excluding carboxylic acids is 1. The van der Waals surface area contributed by atoms with Gasteiger partial charge in [0.2, 0.25) is 0 Å². The number of carboxylic acids is 1. The Morgan fingerprint density at radius 2 is 1.91 bits per heavy atom. The molecular formula is C15H15F2NO4. The molecule has 0 aliphatic heterocycles. The molecule has 0 fully saturated rings. The van der Waals surface area contributed by atoms with Gasteiger partial charge in [-0.3, -0.25) is 0 Å². The standard InChI is InChI=1S/C15H15F2NO4/c1-15(2,3)22-14(21)18-6-4-5-9-7-12(17)10(13(19)20)8-11(9)16/h7-8H,6H2,1-3H3,(H,18,21)(H,19,20). The number of carboxylic acid groups (broad SMARTS) is 1. The van der Waals surface area contributed by atoms with E-state index in [0.717, 1.165) is 0 Å². The zero-order chi connectivity index (χ0) is 16.9. The quantitative estimate of drug-likeness (QED) is 0.823. The van der Waals surface area contributed by atoms with Crippen LogP contribution in [0.5, 0.6) is 0 Å². The van der Waals surface area contributed by atoms with Crippen LogP contribution in [-0.2, 0) is 4.74 Å². The average molecular weight is 311 g/mol. The van der Waals surface area contributed by atoms with Crippen molar-refractivity contribution in [2.75, 3.05) is 6.54 Å². The molecule has 0 saturated heterocycles. The van der Waals surface area contributed by atoms with Crippen molar-refractivity contribution in [1.29, 1.82) is 0 Å². The fourth-order valence-corrected chi connectivity index (χ4v) is 1.38. The van der Waals surface area contributed by atoms with E-state index in [1.165, 1.54) is 0 Å². The fraction of sp³-hybridized carbons (Fsp3) is 0.333. The van der Waals surface area contributed by atoms with Gasteiger partial charge >= 0.3 is 12.1 Å². The molecule has 22 heavy (non-hydrogen) atoms. The lowest BCUT2D eigenvalue weighted by molar-refractivity contribution is 0.0534. The van der Waals surface area contributed by atoms with Gasteiger partial charge in [-0.2, -0.15) is 0 Å². The lowest BCUT2D eigenvalue weighted by Gasteiger charge is -2.19. The summed E-state index contributed by atoms with van der Waals surface area (Å²) in [7, 11) is 0. The summed E-state index contributed by atoms with van der Waals surface area (Å²) in [5, 5.41) is 11.0. The summed E-state index contributed by atoms with van der Waals surface area (Å²) in [6.45, 7) is 4.96. The maximum atomic E-state index is 13.6. The first-order chi connectivity index (χ1) is 10.1. The summed E-state index contributed by atoms with van der Waals surface area (Å²) >= 11 is 0. The highest BCUT2D eigenvalue weighted by atomic mass is 19.1. The van der Waals surface area contributed by atoms with Crippen LogP contribution in [0.25, 0.3) is 0 Å². The van der Waals surface area contributed by atoms with E-state index in [1.807, 2.05) is 0 Å². The molecule has 0 saturated carbocycles. The van der Waals surface area contributed by atoms with Crippen molar-refractivity contribution in [3.05, 3.63) is 34.9 Å². The van der Waals surface area contributed by atoms with Crippen LogP contribution in [-0.4, -0.2) is 29.3 Å². The summed E-state index contributed by atoms with van der Waals surface area (Å²) in [5.41, 5.74) is -1.72. The van der Waals surface area contributed by atoms with E-state index in [2.05, 4.69) is 17.2 Å². The molecule has 118 valence electrons. The third-order valence-electron chi connectivity index (χ3n) is 2.23. The molecule has 1 aromatic carbocycles. The van der Waals surface area contributed by atoms with Gasteiger partial charge in [-0.25, -0.2) is 18.4 Å². The van der Waals surface area contributed by atoms with E-state index in [0.29, 0.717) is 12.1 Å². The van der Waals surface area contributed by atoms with Gasteiger partial charge in [0.05, 0.1) is 17.7 Å². The van der Waals surface area contributed by atoms with E-state index < -0.39 is 34.9 Å². The van der Waals surface area contributed by atoms with Crippen LogP contribution in [0, 0.1) is 23.5 Å². The predicted molar refractivity (Wildman–Crippen MR) is 74.4 cm³/mol. The SMILES string of the molecule is CC(C)(C)OC(=O)NCC#Cc1cc(F)c(C(=O)O)cc1F. The molecule has 0 bridgehead atoms. The molecule has 1 amide bonds. The van der Waals surface area contributed by atoms with E-state index in [-0.39, 0.29) is 12.1 Å². The van der Waals surface area contributed by atoms with Gasteiger partial charge in [0.15, 0.2) is 0 Å². The molecule has 1 aromatic rings. The summed E-state index contributed by atoms with van der Waals surface area (Å²) < 4.78 is 31.9. The Labute approximate surface area is 126 Å². The van der Waals surface area contributed by atoms with Crippen LogP contribution < -0.4 is 5.32 Å². The van der Waals surface area contributed by atoms with Gasteiger partial charge in [0.25, 0.3) is 0 Å². The van der Waals surface area contributed by atoms with Crippen molar-refractivity contribution in [3.8, 4) is 11.8 Å². The van der Waals surface area contributed by atoms with Gasteiger partial charge < -0.3 is 15.2 Å². The Hall–Kier alpha value is -2.62. The normalized spacial score (nSPS) is 10.4. The van der Waals surface area contributed by atoms with Gasteiger partial charge in [-0.1, -0.05) is 11.8 Å². The van der Waals surface area contributed by atoms with Crippen LogP contribution in [0.4, 0.5) is 13.6 Å². The zero-order valence-electron chi connectivity index (χ0n) is 12.3. The molecule has 0 spiro atoms. The smallest absolute Gasteiger partial charge is 0.408 e.